The number of carbonyl (C=O) groups excluding carboxylic acids is 1. The second-order valence-electron chi connectivity index (χ2n) is 6.47. The van der Waals surface area contributed by atoms with Gasteiger partial charge in [0.25, 0.3) is 11.1 Å². The van der Waals surface area contributed by atoms with Crippen LogP contribution in [0.5, 0.6) is 0 Å². The number of thiophene rings is 1. The molecule has 3 aromatic heterocycles. The third-order valence-electron chi connectivity index (χ3n) is 4.55. The Morgan fingerprint density at radius 3 is 2.71 bits per heavy atom. The summed E-state index contributed by atoms with van der Waals surface area (Å²) in [6.45, 7) is 6.08. The van der Waals surface area contributed by atoms with Crippen molar-refractivity contribution in [2.24, 2.45) is 0 Å². The zero-order chi connectivity index (χ0) is 19.7. The van der Waals surface area contributed by atoms with Crippen molar-refractivity contribution in [1.29, 1.82) is 0 Å². The second-order valence-corrected chi connectivity index (χ2v) is 8.34. The molecule has 0 aliphatic rings. The van der Waals surface area contributed by atoms with Crippen LogP contribution in [-0.2, 0) is 0 Å². The third-order valence-corrected chi connectivity index (χ3v) is 6.23. The summed E-state index contributed by atoms with van der Waals surface area (Å²) in [6.07, 6.45) is 0. The molecule has 0 saturated heterocycles. The maximum Gasteiger partial charge on any atom is 0.277 e. The maximum atomic E-state index is 12.8. The largest absolute Gasteiger partial charge is 0.410 e. The van der Waals surface area contributed by atoms with Crippen LogP contribution in [0.1, 0.15) is 27.3 Å². The van der Waals surface area contributed by atoms with Gasteiger partial charge in [0.15, 0.2) is 5.78 Å². The van der Waals surface area contributed by atoms with Crippen molar-refractivity contribution in [2.45, 2.75) is 26.0 Å². The first-order valence-corrected chi connectivity index (χ1v) is 10.7. The lowest BCUT2D eigenvalue weighted by atomic mass is 10.1. The molecule has 1 aromatic carbocycles. The van der Waals surface area contributed by atoms with Gasteiger partial charge in [0, 0.05) is 22.6 Å². The molecule has 28 heavy (non-hydrogen) atoms. The van der Waals surface area contributed by atoms with Gasteiger partial charge >= 0.3 is 0 Å². The van der Waals surface area contributed by atoms with Gasteiger partial charge in [-0.3, -0.25) is 4.79 Å². The van der Waals surface area contributed by atoms with Crippen LogP contribution in [0, 0.1) is 20.8 Å². The minimum absolute atomic E-state index is 0.0498. The van der Waals surface area contributed by atoms with Gasteiger partial charge in [-0.25, -0.2) is 0 Å². The minimum Gasteiger partial charge on any atom is -0.410 e. The summed E-state index contributed by atoms with van der Waals surface area (Å²) in [5.41, 5.74) is 4.98. The van der Waals surface area contributed by atoms with Gasteiger partial charge in [-0.15, -0.1) is 21.5 Å². The molecule has 0 N–H and O–H groups in total. The van der Waals surface area contributed by atoms with E-state index in [0.29, 0.717) is 11.1 Å². The van der Waals surface area contributed by atoms with E-state index in [0.717, 1.165) is 27.5 Å². The summed E-state index contributed by atoms with van der Waals surface area (Å²) < 4.78 is 7.79. The fraction of sp³-hybridized carbons (Fsp3) is 0.190. The highest BCUT2D eigenvalue weighted by molar-refractivity contribution is 7.99. The summed E-state index contributed by atoms with van der Waals surface area (Å²) in [4.78, 5) is 13.8. The van der Waals surface area contributed by atoms with E-state index in [4.69, 9.17) is 4.42 Å². The molecule has 0 amide bonds. The third kappa shape index (κ3) is 3.55. The minimum atomic E-state index is 0.0498. The summed E-state index contributed by atoms with van der Waals surface area (Å²) in [6, 6.07) is 14.0. The molecule has 0 aliphatic carbocycles. The Labute approximate surface area is 171 Å². The number of carbonyl (C=O) groups is 1. The number of rotatable bonds is 6. The average Bonchev–Trinajstić information content (AvgIpc) is 3.41. The van der Waals surface area contributed by atoms with Gasteiger partial charge in [0.1, 0.15) is 0 Å². The summed E-state index contributed by atoms with van der Waals surface area (Å²) in [5.74, 6) is 0.793. The Kier molecular flexibility index (Phi) is 5.19. The van der Waals surface area contributed by atoms with Gasteiger partial charge in [0.05, 0.1) is 10.6 Å². The van der Waals surface area contributed by atoms with Crippen molar-refractivity contribution in [3.63, 3.8) is 0 Å². The summed E-state index contributed by atoms with van der Waals surface area (Å²) in [5, 5.41) is 10.5. The van der Waals surface area contributed by atoms with Crippen molar-refractivity contribution in [2.75, 3.05) is 5.75 Å². The standard InChI is InChI=1S/C21H19N3O2S2/c1-13-7-4-5-8-17(13)24-14(2)11-16(15(24)3)18(25)12-28-21-23-22-20(26-21)19-9-6-10-27-19/h4-11H,12H2,1-3H3. The molecule has 142 valence electrons. The Hall–Kier alpha value is -2.64. The van der Waals surface area contributed by atoms with Crippen molar-refractivity contribution in [1.82, 2.24) is 14.8 Å². The molecule has 4 aromatic rings. The molecule has 0 radical (unpaired) electrons. The lowest BCUT2D eigenvalue weighted by molar-refractivity contribution is 0.102. The molecule has 0 fully saturated rings. The maximum absolute atomic E-state index is 12.8. The number of hydrogen-bond acceptors (Lipinski definition) is 6. The van der Waals surface area contributed by atoms with E-state index in [2.05, 4.69) is 33.8 Å². The Morgan fingerprint density at radius 1 is 1.14 bits per heavy atom. The van der Waals surface area contributed by atoms with Crippen molar-refractivity contribution in [3.8, 4) is 16.5 Å². The number of nitrogens with zero attached hydrogens (tertiary/aromatic N) is 3. The molecule has 0 saturated carbocycles. The van der Waals surface area contributed by atoms with Crippen LogP contribution in [-0.4, -0.2) is 26.3 Å². The zero-order valence-electron chi connectivity index (χ0n) is 15.8. The molecule has 0 bridgehead atoms. The van der Waals surface area contributed by atoms with Crippen LogP contribution >= 0.6 is 23.1 Å². The van der Waals surface area contributed by atoms with Crippen molar-refractivity contribution in [3.05, 3.63) is 70.4 Å². The van der Waals surface area contributed by atoms with E-state index >= 15 is 0 Å². The van der Waals surface area contributed by atoms with Crippen molar-refractivity contribution >= 4 is 28.9 Å². The van der Waals surface area contributed by atoms with Crippen LogP contribution in [0.15, 0.2) is 57.5 Å². The number of ketones is 1. The Morgan fingerprint density at radius 2 is 1.96 bits per heavy atom. The van der Waals surface area contributed by atoms with Crippen LogP contribution < -0.4 is 0 Å². The SMILES string of the molecule is Cc1ccccc1-n1c(C)cc(C(=O)CSc2nnc(-c3cccs3)o2)c1C. The zero-order valence-corrected chi connectivity index (χ0v) is 17.4. The van der Waals surface area contributed by atoms with Crippen molar-refractivity contribution < 1.29 is 9.21 Å². The number of Topliss-reactive ketones (excluding diaryl/α,β-unsaturated/α-hetero) is 1. The van der Waals surface area contributed by atoms with E-state index in [9.17, 15) is 4.79 Å². The highest BCUT2D eigenvalue weighted by Crippen LogP contribution is 2.28. The highest BCUT2D eigenvalue weighted by Gasteiger charge is 2.19. The summed E-state index contributed by atoms with van der Waals surface area (Å²) >= 11 is 2.81. The van der Waals surface area contributed by atoms with E-state index < -0.39 is 0 Å². The summed E-state index contributed by atoms with van der Waals surface area (Å²) in [7, 11) is 0. The lowest BCUT2D eigenvalue weighted by Gasteiger charge is -2.12. The normalized spacial score (nSPS) is 11.1. The predicted octanol–water partition coefficient (Wildman–Crippen LogP) is 5.49. The first-order valence-electron chi connectivity index (χ1n) is 8.83. The molecule has 3 heterocycles. The predicted molar refractivity (Wildman–Crippen MR) is 113 cm³/mol. The first kappa shape index (κ1) is 18.7. The number of aromatic nitrogens is 3. The number of benzene rings is 1. The van der Waals surface area contributed by atoms with Gasteiger partial charge in [0.2, 0.25) is 0 Å². The number of thioether (sulfide) groups is 1. The van der Waals surface area contributed by atoms with E-state index in [1.165, 1.54) is 17.3 Å². The number of hydrogen-bond donors (Lipinski definition) is 0. The Balaban J connectivity index is 1.52. The smallest absolute Gasteiger partial charge is 0.277 e. The van der Waals surface area contributed by atoms with Gasteiger partial charge < -0.3 is 8.98 Å². The van der Waals surface area contributed by atoms with Gasteiger partial charge in [-0.1, -0.05) is 36.0 Å². The molecule has 0 aliphatic heterocycles. The van der Waals surface area contributed by atoms with Crippen LogP contribution in [0.25, 0.3) is 16.5 Å². The van der Waals surface area contributed by atoms with Gasteiger partial charge in [-0.2, -0.15) is 0 Å². The molecular weight excluding hydrogens is 390 g/mol. The van der Waals surface area contributed by atoms with Crippen LogP contribution in [0.2, 0.25) is 0 Å². The van der Waals surface area contributed by atoms with E-state index in [1.807, 2.05) is 49.6 Å². The fourth-order valence-electron chi connectivity index (χ4n) is 3.20. The molecule has 0 spiro atoms. The Bertz CT molecular complexity index is 1130. The van der Waals surface area contributed by atoms with E-state index in [-0.39, 0.29) is 11.5 Å². The molecule has 0 unspecified atom stereocenters. The number of aryl methyl sites for hydroxylation is 2. The second kappa shape index (κ2) is 7.77. The monoisotopic (exact) mass is 409 g/mol. The van der Waals surface area contributed by atoms with Crippen LogP contribution in [0.3, 0.4) is 0 Å². The molecule has 5 nitrogen and oxygen atoms in total. The molecular formula is C21H19N3O2S2. The first-order chi connectivity index (χ1) is 13.5. The number of para-hydroxylation sites is 1. The average molecular weight is 410 g/mol. The quantitative estimate of drug-likeness (QED) is 0.311. The van der Waals surface area contributed by atoms with Gasteiger partial charge in [-0.05, 0) is 49.9 Å². The topological polar surface area (TPSA) is 60.9 Å². The molecule has 0 atom stereocenters. The van der Waals surface area contributed by atoms with E-state index in [1.54, 1.807) is 11.3 Å². The highest BCUT2D eigenvalue weighted by atomic mass is 32.2. The van der Waals surface area contributed by atoms with Crippen LogP contribution in [0.4, 0.5) is 0 Å². The molecule has 4 rings (SSSR count). The molecule has 7 heteroatoms. The fourth-order valence-corrected chi connectivity index (χ4v) is 4.49. The lowest BCUT2D eigenvalue weighted by Crippen LogP contribution is -2.06.